The van der Waals surface area contributed by atoms with Gasteiger partial charge in [0.2, 0.25) is 0 Å². The number of carboxylic acid groups (broad SMARTS) is 1. The first-order valence-electron chi connectivity index (χ1n) is 3.89. The highest BCUT2D eigenvalue weighted by molar-refractivity contribution is 5.99. The van der Waals surface area contributed by atoms with E-state index in [4.69, 9.17) is 4.74 Å². The molecule has 66 valence electrons. The third kappa shape index (κ3) is 1.28. The summed E-state index contributed by atoms with van der Waals surface area (Å²) in [6.45, 7) is 1.90. The Kier molecular flexibility index (Phi) is 1.59. The SMILES string of the molecule is Cc1ccccc1C1=C(C(=O)[O-])O1. The fourth-order valence-electron chi connectivity index (χ4n) is 1.22. The summed E-state index contributed by atoms with van der Waals surface area (Å²) in [6, 6.07) is 7.45. The molecule has 3 nitrogen and oxygen atoms in total. The minimum atomic E-state index is -1.25. The van der Waals surface area contributed by atoms with Gasteiger partial charge in [0.05, 0.1) is 0 Å². The lowest BCUT2D eigenvalue weighted by molar-refractivity contribution is -0.300. The molecule has 0 radical (unpaired) electrons. The fourth-order valence-corrected chi connectivity index (χ4v) is 1.22. The number of carbonyl (C=O) groups excluding carboxylic acids is 1. The van der Waals surface area contributed by atoms with Crippen LogP contribution in [0, 0.1) is 6.92 Å². The van der Waals surface area contributed by atoms with E-state index in [2.05, 4.69) is 0 Å². The first-order valence-corrected chi connectivity index (χ1v) is 3.89. The van der Waals surface area contributed by atoms with Crippen LogP contribution in [-0.2, 0) is 9.53 Å². The van der Waals surface area contributed by atoms with Crippen LogP contribution < -0.4 is 5.11 Å². The van der Waals surface area contributed by atoms with Gasteiger partial charge in [-0.2, -0.15) is 0 Å². The van der Waals surface area contributed by atoms with Gasteiger partial charge in [0, 0.05) is 5.56 Å². The van der Waals surface area contributed by atoms with Crippen molar-refractivity contribution in [3.63, 3.8) is 0 Å². The third-order valence-electron chi connectivity index (χ3n) is 1.94. The molecule has 1 aliphatic rings. The monoisotopic (exact) mass is 175 g/mol. The summed E-state index contributed by atoms with van der Waals surface area (Å²) >= 11 is 0. The average molecular weight is 175 g/mol. The Bertz CT molecular complexity index is 404. The highest BCUT2D eigenvalue weighted by Crippen LogP contribution is 2.36. The Labute approximate surface area is 75.3 Å². The number of carbonyl (C=O) groups is 1. The minimum absolute atomic E-state index is 0.0469. The maximum Gasteiger partial charge on any atom is 0.193 e. The van der Waals surface area contributed by atoms with Gasteiger partial charge < -0.3 is 14.6 Å². The van der Waals surface area contributed by atoms with Crippen LogP contribution in [0.5, 0.6) is 0 Å². The molecule has 0 bridgehead atoms. The van der Waals surface area contributed by atoms with Crippen LogP contribution in [0.1, 0.15) is 11.1 Å². The van der Waals surface area contributed by atoms with Gasteiger partial charge in [-0.25, -0.2) is 0 Å². The molecule has 1 aliphatic heterocycles. The maximum atomic E-state index is 10.4. The van der Waals surface area contributed by atoms with Crippen molar-refractivity contribution in [2.24, 2.45) is 0 Å². The summed E-state index contributed by atoms with van der Waals surface area (Å²) < 4.78 is 4.82. The van der Waals surface area contributed by atoms with E-state index in [9.17, 15) is 9.90 Å². The topological polar surface area (TPSA) is 52.7 Å². The first kappa shape index (κ1) is 7.86. The summed E-state index contributed by atoms with van der Waals surface area (Å²) in [5.74, 6) is -0.870. The molecule has 0 saturated carbocycles. The van der Waals surface area contributed by atoms with E-state index < -0.39 is 5.97 Å². The van der Waals surface area contributed by atoms with Crippen LogP contribution in [0.4, 0.5) is 0 Å². The predicted molar refractivity (Wildman–Crippen MR) is 44.2 cm³/mol. The highest BCUT2D eigenvalue weighted by atomic mass is 16.6. The second-order valence-corrected chi connectivity index (χ2v) is 2.86. The van der Waals surface area contributed by atoms with Crippen molar-refractivity contribution in [3.8, 4) is 0 Å². The molecule has 0 amide bonds. The zero-order chi connectivity index (χ0) is 9.42. The Hall–Kier alpha value is -1.77. The van der Waals surface area contributed by atoms with Crippen LogP contribution >= 0.6 is 0 Å². The van der Waals surface area contributed by atoms with Crippen LogP contribution in [-0.4, -0.2) is 5.97 Å². The molecule has 0 fully saturated rings. The van der Waals surface area contributed by atoms with Crippen molar-refractivity contribution >= 4 is 11.7 Å². The van der Waals surface area contributed by atoms with Crippen LogP contribution in [0.3, 0.4) is 0 Å². The van der Waals surface area contributed by atoms with Gasteiger partial charge >= 0.3 is 0 Å². The molecule has 0 aromatic heterocycles. The molecule has 0 saturated heterocycles. The summed E-state index contributed by atoms with van der Waals surface area (Å²) in [5, 5.41) is 10.4. The molecule has 0 atom stereocenters. The number of ether oxygens (including phenoxy) is 1. The number of aliphatic carboxylic acids is 1. The lowest BCUT2D eigenvalue weighted by atomic mass is 10.1. The minimum Gasteiger partial charge on any atom is -0.541 e. The van der Waals surface area contributed by atoms with E-state index in [0.717, 1.165) is 11.1 Å². The molecule has 1 aromatic rings. The summed E-state index contributed by atoms with van der Waals surface area (Å²) in [6.07, 6.45) is 0. The van der Waals surface area contributed by atoms with Gasteiger partial charge in [0.25, 0.3) is 0 Å². The van der Waals surface area contributed by atoms with Crippen LogP contribution in [0.15, 0.2) is 30.0 Å². The van der Waals surface area contributed by atoms with Gasteiger partial charge in [-0.1, -0.05) is 24.3 Å². The normalized spacial score (nSPS) is 13.9. The molecule has 0 spiro atoms. The maximum absolute atomic E-state index is 10.4. The van der Waals surface area contributed by atoms with Gasteiger partial charge in [0.15, 0.2) is 11.5 Å². The first-order chi connectivity index (χ1) is 6.20. The second kappa shape index (κ2) is 2.62. The number of benzene rings is 1. The van der Waals surface area contributed by atoms with Gasteiger partial charge in [-0.3, -0.25) is 0 Å². The Balaban J connectivity index is 2.40. The van der Waals surface area contributed by atoms with Crippen molar-refractivity contribution in [3.05, 3.63) is 41.2 Å². The van der Waals surface area contributed by atoms with E-state index in [1.54, 1.807) is 0 Å². The molecular weight excluding hydrogens is 168 g/mol. The van der Waals surface area contributed by atoms with Gasteiger partial charge in [-0.05, 0) is 12.5 Å². The summed E-state index contributed by atoms with van der Waals surface area (Å²) in [5.41, 5.74) is 1.82. The largest absolute Gasteiger partial charge is 0.541 e. The number of aryl methyl sites for hydroxylation is 1. The smallest absolute Gasteiger partial charge is 0.193 e. The summed E-state index contributed by atoms with van der Waals surface area (Å²) in [7, 11) is 0. The molecule has 1 aromatic carbocycles. The number of carboxylic acids is 1. The Morgan fingerprint density at radius 3 is 2.62 bits per heavy atom. The summed E-state index contributed by atoms with van der Waals surface area (Å²) in [4.78, 5) is 10.4. The highest BCUT2D eigenvalue weighted by Gasteiger charge is 2.28. The fraction of sp³-hybridized carbons (Fsp3) is 0.100. The van der Waals surface area contributed by atoms with E-state index in [1.165, 1.54) is 0 Å². The molecule has 1 heterocycles. The van der Waals surface area contributed by atoms with E-state index in [1.807, 2.05) is 31.2 Å². The predicted octanol–water partition coefficient (Wildman–Crippen LogP) is 0.444. The quantitative estimate of drug-likeness (QED) is 0.655. The number of hydrogen-bond donors (Lipinski definition) is 0. The Morgan fingerprint density at radius 2 is 2.08 bits per heavy atom. The zero-order valence-corrected chi connectivity index (χ0v) is 7.03. The molecular formula is C10H7O3-. The van der Waals surface area contributed by atoms with E-state index >= 15 is 0 Å². The van der Waals surface area contributed by atoms with E-state index in [-0.39, 0.29) is 5.76 Å². The standard InChI is InChI=1S/C10H8O3/c1-6-4-2-3-5-7(6)8-9(13-8)10(11)12/h2-5H,1H3,(H,11,12)/p-1. The average Bonchev–Trinajstić information content (AvgIpc) is 2.84. The van der Waals surface area contributed by atoms with Crippen molar-refractivity contribution in [2.45, 2.75) is 6.92 Å². The van der Waals surface area contributed by atoms with Crippen LogP contribution in [0.2, 0.25) is 0 Å². The van der Waals surface area contributed by atoms with Gasteiger partial charge in [0.1, 0.15) is 5.97 Å². The van der Waals surface area contributed by atoms with Crippen molar-refractivity contribution in [1.82, 2.24) is 0 Å². The number of hydrogen-bond acceptors (Lipinski definition) is 3. The van der Waals surface area contributed by atoms with E-state index in [0.29, 0.717) is 5.76 Å². The molecule has 3 heteroatoms. The van der Waals surface area contributed by atoms with Crippen molar-refractivity contribution in [2.75, 3.05) is 0 Å². The van der Waals surface area contributed by atoms with Gasteiger partial charge in [-0.15, -0.1) is 0 Å². The molecule has 0 unspecified atom stereocenters. The lowest BCUT2D eigenvalue weighted by Gasteiger charge is -1.95. The molecule has 2 rings (SSSR count). The molecule has 13 heavy (non-hydrogen) atoms. The third-order valence-corrected chi connectivity index (χ3v) is 1.94. The lowest BCUT2D eigenvalue weighted by Crippen LogP contribution is -2.20. The Morgan fingerprint density at radius 1 is 1.38 bits per heavy atom. The van der Waals surface area contributed by atoms with Crippen molar-refractivity contribution < 1.29 is 14.6 Å². The van der Waals surface area contributed by atoms with Crippen molar-refractivity contribution in [1.29, 1.82) is 0 Å². The molecule has 0 aliphatic carbocycles. The van der Waals surface area contributed by atoms with Crippen LogP contribution in [0.25, 0.3) is 5.76 Å². The second-order valence-electron chi connectivity index (χ2n) is 2.86. The zero-order valence-electron chi connectivity index (χ0n) is 7.03. The number of rotatable bonds is 2. The molecule has 0 N–H and O–H groups in total.